The van der Waals surface area contributed by atoms with Gasteiger partial charge in [0.15, 0.2) is 0 Å². The summed E-state index contributed by atoms with van der Waals surface area (Å²) in [4.78, 5) is 17.6. The van der Waals surface area contributed by atoms with Gasteiger partial charge < -0.3 is 9.30 Å². The number of benzene rings is 1. The van der Waals surface area contributed by atoms with E-state index in [0.717, 1.165) is 17.7 Å². The number of ether oxygens (including phenoxy) is 1. The summed E-state index contributed by atoms with van der Waals surface area (Å²) in [5.74, 6) is -0.363. The fraction of sp³-hybridized carbons (Fsp3) is 0.211. The summed E-state index contributed by atoms with van der Waals surface area (Å²) in [5, 5.41) is 6.68. The zero-order valence-electron chi connectivity index (χ0n) is 15.4. The molecule has 0 unspecified atom stereocenters. The average molecular weight is 403 g/mol. The van der Waals surface area contributed by atoms with Gasteiger partial charge in [0.2, 0.25) is 0 Å². The lowest BCUT2D eigenvalue weighted by Gasteiger charge is -2.13. The smallest absolute Gasteiger partial charge is 0.406 e. The fourth-order valence-electron chi connectivity index (χ4n) is 3.13. The van der Waals surface area contributed by atoms with Gasteiger partial charge in [0.05, 0.1) is 12.5 Å². The van der Waals surface area contributed by atoms with Crippen molar-refractivity contribution in [2.45, 2.75) is 26.3 Å². The van der Waals surface area contributed by atoms with Crippen LogP contribution in [0.5, 0.6) is 5.75 Å². The molecule has 4 rings (SSSR count). The van der Waals surface area contributed by atoms with E-state index in [4.69, 9.17) is 0 Å². The van der Waals surface area contributed by atoms with Crippen LogP contribution in [0, 0.1) is 0 Å². The van der Waals surface area contributed by atoms with Gasteiger partial charge in [-0.25, -0.2) is 4.98 Å². The highest BCUT2D eigenvalue weighted by Gasteiger charge is 2.31. The summed E-state index contributed by atoms with van der Waals surface area (Å²) < 4.78 is 44.2. The standard InChI is InChI=1S/C19H16F3N5O2/c1-11(2)27-10-23-16-15(12-7-24-25-8-12)9-26(18(28)17(16)27)13-3-5-14(6-4-13)29-19(20,21)22/h3-11H,1-2H3,(H,24,25). The number of halogens is 3. The summed E-state index contributed by atoms with van der Waals surface area (Å²) in [7, 11) is 0. The number of aromatic amines is 1. The first-order valence-corrected chi connectivity index (χ1v) is 8.72. The second-order valence-corrected chi connectivity index (χ2v) is 6.69. The van der Waals surface area contributed by atoms with E-state index >= 15 is 0 Å². The summed E-state index contributed by atoms with van der Waals surface area (Å²) >= 11 is 0. The molecule has 7 nitrogen and oxygen atoms in total. The van der Waals surface area contributed by atoms with Crippen LogP contribution in [-0.4, -0.2) is 30.7 Å². The van der Waals surface area contributed by atoms with Crippen molar-refractivity contribution in [3.63, 3.8) is 0 Å². The van der Waals surface area contributed by atoms with Gasteiger partial charge in [-0.05, 0) is 38.1 Å². The van der Waals surface area contributed by atoms with Gasteiger partial charge >= 0.3 is 6.36 Å². The molecule has 0 aliphatic heterocycles. The maximum Gasteiger partial charge on any atom is 0.573 e. The monoisotopic (exact) mass is 403 g/mol. The fourth-order valence-corrected chi connectivity index (χ4v) is 3.13. The van der Waals surface area contributed by atoms with Crippen LogP contribution in [0.1, 0.15) is 19.9 Å². The maximum absolute atomic E-state index is 13.2. The van der Waals surface area contributed by atoms with Crippen LogP contribution < -0.4 is 10.3 Å². The van der Waals surface area contributed by atoms with Crippen molar-refractivity contribution in [3.05, 3.63) is 59.5 Å². The van der Waals surface area contributed by atoms with Crippen LogP contribution >= 0.6 is 0 Å². The largest absolute Gasteiger partial charge is 0.573 e. The molecule has 0 radical (unpaired) electrons. The molecular weight excluding hydrogens is 387 g/mol. The molecule has 3 heterocycles. The van der Waals surface area contributed by atoms with E-state index in [1.165, 1.54) is 16.7 Å². The Bertz CT molecular complexity index is 1210. The molecule has 29 heavy (non-hydrogen) atoms. The number of hydrogen-bond acceptors (Lipinski definition) is 4. The molecule has 0 amide bonds. The third-order valence-electron chi connectivity index (χ3n) is 4.44. The van der Waals surface area contributed by atoms with Crippen molar-refractivity contribution < 1.29 is 17.9 Å². The predicted octanol–water partition coefficient (Wildman–Crippen LogP) is 4.06. The number of hydrogen-bond donors (Lipinski definition) is 1. The lowest BCUT2D eigenvalue weighted by Crippen LogP contribution is -2.21. The van der Waals surface area contributed by atoms with Crippen LogP contribution in [0.4, 0.5) is 13.2 Å². The molecule has 0 aliphatic rings. The molecule has 0 saturated heterocycles. The highest BCUT2D eigenvalue weighted by Crippen LogP contribution is 2.28. The van der Waals surface area contributed by atoms with Crippen molar-refractivity contribution in [1.82, 2.24) is 24.3 Å². The van der Waals surface area contributed by atoms with Crippen molar-refractivity contribution >= 4 is 11.0 Å². The average Bonchev–Trinajstić information content (AvgIpc) is 3.32. The van der Waals surface area contributed by atoms with Crippen LogP contribution in [0.2, 0.25) is 0 Å². The van der Waals surface area contributed by atoms with Gasteiger partial charge in [0.25, 0.3) is 5.56 Å². The van der Waals surface area contributed by atoms with Gasteiger partial charge in [0.1, 0.15) is 16.8 Å². The molecule has 1 aromatic carbocycles. The molecule has 1 N–H and O–H groups in total. The van der Waals surface area contributed by atoms with Gasteiger partial charge in [-0.1, -0.05) is 0 Å². The van der Waals surface area contributed by atoms with Crippen molar-refractivity contribution in [1.29, 1.82) is 0 Å². The number of rotatable bonds is 4. The number of H-pyrrole nitrogens is 1. The molecule has 0 spiro atoms. The van der Waals surface area contributed by atoms with E-state index in [-0.39, 0.29) is 17.4 Å². The van der Waals surface area contributed by atoms with Gasteiger partial charge in [-0.15, -0.1) is 13.2 Å². The van der Waals surface area contributed by atoms with Gasteiger partial charge in [-0.3, -0.25) is 14.5 Å². The van der Waals surface area contributed by atoms with Crippen LogP contribution in [0.3, 0.4) is 0 Å². The minimum atomic E-state index is -4.78. The van der Waals surface area contributed by atoms with E-state index in [9.17, 15) is 18.0 Å². The molecule has 0 aliphatic carbocycles. The third kappa shape index (κ3) is 3.48. The Labute approximate surface area is 162 Å². The highest BCUT2D eigenvalue weighted by atomic mass is 19.4. The summed E-state index contributed by atoms with van der Waals surface area (Å²) in [6.07, 6.45) is 1.71. The van der Waals surface area contributed by atoms with Crippen molar-refractivity contribution in [2.24, 2.45) is 0 Å². The minimum Gasteiger partial charge on any atom is -0.406 e. The van der Waals surface area contributed by atoms with E-state index in [1.807, 2.05) is 13.8 Å². The van der Waals surface area contributed by atoms with Crippen LogP contribution in [0.25, 0.3) is 27.8 Å². The number of fused-ring (bicyclic) bond motifs is 1. The molecule has 0 fully saturated rings. The second-order valence-electron chi connectivity index (χ2n) is 6.69. The lowest BCUT2D eigenvalue weighted by molar-refractivity contribution is -0.274. The summed E-state index contributed by atoms with van der Waals surface area (Å²) in [5.41, 5.74) is 2.39. The molecule has 0 atom stereocenters. The van der Waals surface area contributed by atoms with Gasteiger partial charge in [-0.2, -0.15) is 5.10 Å². The molecule has 10 heteroatoms. The SMILES string of the molecule is CC(C)n1cnc2c(-c3cn[nH]c3)cn(-c3ccc(OC(F)(F)F)cc3)c(=O)c21. The maximum atomic E-state index is 13.2. The number of nitrogens with zero attached hydrogens (tertiary/aromatic N) is 4. The molecule has 4 aromatic rings. The molecule has 150 valence electrons. The number of aromatic nitrogens is 5. The van der Waals surface area contributed by atoms with E-state index in [1.54, 1.807) is 29.5 Å². The Morgan fingerprint density at radius 2 is 1.90 bits per heavy atom. The predicted molar refractivity (Wildman–Crippen MR) is 100.0 cm³/mol. The molecular formula is C19H16F3N5O2. The van der Waals surface area contributed by atoms with Gasteiger partial charge in [0, 0.05) is 35.2 Å². The normalized spacial score (nSPS) is 12.1. The number of nitrogens with one attached hydrogen (secondary N) is 1. The first-order chi connectivity index (χ1) is 13.7. The molecule has 3 aromatic heterocycles. The molecule has 0 bridgehead atoms. The number of alkyl halides is 3. The van der Waals surface area contributed by atoms with Crippen LogP contribution in [-0.2, 0) is 0 Å². The van der Waals surface area contributed by atoms with Crippen molar-refractivity contribution in [2.75, 3.05) is 0 Å². The van der Waals surface area contributed by atoms with E-state index in [2.05, 4.69) is 19.9 Å². The van der Waals surface area contributed by atoms with E-state index < -0.39 is 6.36 Å². The van der Waals surface area contributed by atoms with Crippen molar-refractivity contribution in [3.8, 4) is 22.6 Å². The quantitative estimate of drug-likeness (QED) is 0.558. The zero-order valence-corrected chi connectivity index (χ0v) is 15.4. The Balaban J connectivity index is 1.92. The Kier molecular flexibility index (Phi) is 4.40. The Morgan fingerprint density at radius 3 is 2.48 bits per heavy atom. The topological polar surface area (TPSA) is 77.7 Å². The van der Waals surface area contributed by atoms with Crippen LogP contribution in [0.15, 0.2) is 54.0 Å². The third-order valence-corrected chi connectivity index (χ3v) is 4.44. The van der Waals surface area contributed by atoms with E-state index in [0.29, 0.717) is 22.3 Å². The Hall–Kier alpha value is -3.56. The second kappa shape index (κ2) is 6.80. The first kappa shape index (κ1) is 18.8. The summed E-state index contributed by atoms with van der Waals surface area (Å²) in [6.45, 7) is 3.86. The lowest BCUT2D eigenvalue weighted by atomic mass is 10.1. The number of pyridine rings is 1. The number of imidazole rings is 1. The zero-order chi connectivity index (χ0) is 20.8. The summed E-state index contributed by atoms with van der Waals surface area (Å²) in [6, 6.07) is 5.10. The highest BCUT2D eigenvalue weighted by molar-refractivity contribution is 5.91. The minimum absolute atomic E-state index is 0.0108. The molecule has 0 saturated carbocycles. The Morgan fingerprint density at radius 1 is 1.17 bits per heavy atom. The first-order valence-electron chi connectivity index (χ1n) is 8.72.